The van der Waals surface area contributed by atoms with Gasteiger partial charge < -0.3 is 25.0 Å². The Morgan fingerprint density at radius 3 is 2.67 bits per heavy atom. The molecule has 4 rings (SSSR count). The van der Waals surface area contributed by atoms with E-state index in [0.29, 0.717) is 6.54 Å². The van der Waals surface area contributed by atoms with Crippen LogP contribution in [0.4, 0.5) is 0 Å². The number of fused-ring (bicyclic) bond motifs is 3. The number of ether oxygens (including phenoxy) is 2. The summed E-state index contributed by atoms with van der Waals surface area (Å²) >= 11 is 0. The number of aliphatic hydroxyl groups excluding tert-OH is 1. The second kappa shape index (κ2) is 9.84. The number of nitrogens with one attached hydrogen (secondary N) is 1. The zero-order chi connectivity index (χ0) is 23.6. The van der Waals surface area contributed by atoms with E-state index in [2.05, 4.69) is 43.4 Å². The number of carboxylic acid groups (broad SMARTS) is 1. The number of aliphatic hydroxyl groups is 1. The molecule has 0 radical (unpaired) electrons. The van der Waals surface area contributed by atoms with Crippen LogP contribution in [0.1, 0.15) is 62.3 Å². The van der Waals surface area contributed by atoms with Crippen molar-refractivity contribution in [2.75, 3.05) is 13.2 Å². The van der Waals surface area contributed by atoms with Crippen LogP contribution < -0.4 is 10.1 Å². The maximum atomic E-state index is 11.3. The smallest absolute Gasteiger partial charge is 0.311 e. The number of aliphatic carboxylic acids is 1. The zero-order valence-electron chi connectivity index (χ0n) is 19.7. The minimum absolute atomic E-state index is 0.0523. The van der Waals surface area contributed by atoms with Crippen LogP contribution >= 0.6 is 0 Å². The van der Waals surface area contributed by atoms with Crippen molar-refractivity contribution in [3.05, 3.63) is 65.2 Å². The molecule has 1 unspecified atom stereocenters. The second-order valence-corrected chi connectivity index (χ2v) is 9.97. The molecule has 6 heteroatoms. The topological polar surface area (TPSA) is 88.0 Å². The summed E-state index contributed by atoms with van der Waals surface area (Å²) in [6.45, 7) is 6.93. The van der Waals surface area contributed by atoms with Gasteiger partial charge in [-0.05, 0) is 45.6 Å². The maximum Gasteiger partial charge on any atom is 0.311 e. The minimum atomic E-state index is -0.802. The van der Waals surface area contributed by atoms with Crippen molar-refractivity contribution in [2.24, 2.45) is 5.92 Å². The van der Waals surface area contributed by atoms with Gasteiger partial charge in [-0.25, -0.2) is 0 Å². The molecule has 3 N–H and O–H groups in total. The molecule has 1 aliphatic carbocycles. The SMILES string of the molecule is C[C@@H](OCC(O)CNC(C)(C)CCCc1ccccc1)c1cccc2c1O[C@@H]1[C@@H](C(=O)O)[C@H]21. The quantitative estimate of drug-likeness (QED) is 0.449. The van der Waals surface area contributed by atoms with Crippen LogP contribution in [-0.4, -0.2) is 47.1 Å². The molecule has 178 valence electrons. The lowest BCUT2D eigenvalue weighted by Crippen LogP contribution is -2.44. The number of hydrogen-bond acceptors (Lipinski definition) is 5. The van der Waals surface area contributed by atoms with E-state index in [0.717, 1.165) is 36.1 Å². The average Bonchev–Trinajstić information content (AvgIpc) is 3.39. The number of hydrogen-bond donors (Lipinski definition) is 3. The van der Waals surface area contributed by atoms with Crippen molar-refractivity contribution in [3.63, 3.8) is 0 Å². The number of para-hydroxylation sites is 1. The van der Waals surface area contributed by atoms with Crippen molar-refractivity contribution in [1.82, 2.24) is 5.32 Å². The molecule has 0 saturated heterocycles. The van der Waals surface area contributed by atoms with E-state index >= 15 is 0 Å². The van der Waals surface area contributed by atoms with Crippen LogP contribution in [0.2, 0.25) is 0 Å². The van der Waals surface area contributed by atoms with Crippen LogP contribution in [0.5, 0.6) is 5.75 Å². The monoisotopic (exact) mass is 453 g/mol. The molecule has 1 aliphatic heterocycles. The lowest BCUT2D eigenvalue weighted by atomic mass is 9.95. The van der Waals surface area contributed by atoms with Crippen molar-refractivity contribution in [3.8, 4) is 5.75 Å². The first-order valence-electron chi connectivity index (χ1n) is 11.9. The Hall–Kier alpha value is -2.41. The molecule has 1 saturated carbocycles. The molecule has 0 aromatic heterocycles. The standard InChI is InChI=1S/C27H35NO5/c1-17(20-12-7-13-21-22-23(26(30)31)25(22)33-24(20)21)32-16-19(29)15-28-27(2,3)14-8-11-18-9-5-4-6-10-18/h4-7,9-10,12-13,17,19,22-23,25,28-29H,8,11,14-16H2,1-3H3,(H,30,31)/t17-,19?,22+,23+,25+/m1/s1. The molecule has 0 amide bonds. The molecule has 2 aromatic rings. The second-order valence-electron chi connectivity index (χ2n) is 9.97. The van der Waals surface area contributed by atoms with E-state index in [1.165, 1.54) is 5.56 Å². The van der Waals surface area contributed by atoms with Gasteiger partial charge in [0.2, 0.25) is 0 Å². The van der Waals surface area contributed by atoms with Crippen molar-refractivity contribution in [2.45, 2.75) is 69.8 Å². The molecule has 2 aliphatic rings. The van der Waals surface area contributed by atoms with Crippen LogP contribution in [0.15, 0.2) is 48.5 Å². The molecular formula is C27H35NO5. The van der Waals surface area contributed by atoms with E-state index in [1.807, 2.05) is 31.2 Å². The lowest BCUT2D eigenvalue weighted by Gasteiger charge is -2.28. The van der Waals surface area contributed by atoms with Crippen LogP contribution in [-0.2, 0) is 16.0 Å². The van der Waals surface area contributed by atoms with Crippen LogP contribution in [0.3, 0.4) is 0 Å². The largest absolute Gasteiger partial charge is 0.488 e. The normalized spacial score (nSPS) is 22.7. The number of β-amino-alcohol motifs (C(OH)–C–C–N with tert-alkyl or cyclic N) is 1. The fourth-order valence-electron chi connectivity index (χ4n) is 4.79. The highest BCUT2D eigenvalue weighted by Crippen LogP contribution is 2.59. The molecular weight excluding hydrogens is 418 g/mol. The van der Waals surface area contributed by atoms with Gasteiger partial charge in [-0.15, -0.1) is 0 Å². The number of rotatable bonds is 12. The Bertz CT molecular complexity index is 960. The van der Waals surface area contributed by atoms with Crippen LogP contribution in [0.25, 0.3) is 0 Å². The van der Waals surface area contributed by atoms with E-state index in [4.69, 9.17) is 9.47 Å². The average molecular weight is 454 g/mol. The van der Waals surface area contributed by atoms with Crippen LogP contribution in [0, 0.1) is 5.92 Å². The van der Waals surface area contributed by atoms with Crippen molar-refractivity contribution < 1.29 is 24.5 Å². The molecule has 0 bridgehead atoms. The third-order valence-corrected chi connectivity index (χ3v) is 6.83. The Balaban J connectivity index is 1.21. The number of carboxylic acids is 1. The fourth-order valence-corrected chi connectivity index (χ4v) is 4.79. The van der Waals surface area contributed by atoms with E-state index in [-0.39, 0.29) is 30.3 Å². The third kappa shape index (κ3) is 5.57. The van der Waals surface area contributed by atoms with Gasteiger partial charge in [0.25, 0.3) is 0 Å². The van der Waals surface area contributed by atoms with Gasteiger partial charge in [-0.2, -0.15) is 0 Å². The maximum absolute atomic E-state index is 11.3. The highest BCUT2D eigenvalue weighted by Gasteiger charge is 2.63. The van der Waals surface area contributed by atoms with Gasteiger partial charge >= 0.3 is 5.97 Å². The Labute approximate surface area is 195 Å². The summed E-state index contributed by atoms with van der Waals surface area (Å²) in [5, 5.41) is 23.2. The molecule has 2 aromatic carbocycles. The van der Waals surface area contributed by atoms with Crippen molar-refractivity contribution >= 4 is 5.97 Å². The first-order chi connectivity index (χ1) is 15.8. The van der Waals surface area contributed by atoms with Gasteiger partial charge in [-0.3, -0.25) is 4.79 Å². The van der Waals surface area contributed by atoms with Gasteiger partial charge in [0.15, 0.2) is 0 Å². The molecule has 0 spiro atoms. The lowest BCUT2D eigenvalue weighted by molar-refractivity contribution is -0.139. The molecule has 1 heterocycles. The van der Waals surface area contributed by atoms with E-state index in [1.54, 1.807) is 0 Å². The minimum Gasteiger partial charge on any atom is -0.488 e. The zero-order valence-corrected chi connectivity index (χ0v) is 19.7. The predicted octanol–water partition coefficient (Wildman–Crippen LogP) is 4.08. The van der Waals surface area contributed by atoms with Gasteiger partial charge in [-0.1, -0.05) is 48.5 Å². The Morgan fingerprint density at radius 1 is 1.18 bits per heavy atom. The summed E-state index contributed by atoms with van der Waals surface area (Å²) in [4.78, 5) is 11.3. The Morgan fingerprint density at radius 2 is 1.94 bits per heavy atom. The Kier molecular flexibility index (Phi) is 7.07. The summed E-state index contributed by atoms with van der Waals surface area (Å²) in [6.07, 6.45) is 2.01. The first-order valence-corrected chi connectivity index (χ1v) is 11.9. The molecule has 1 fully saturated rings. The van der Waals surface area contributed by atoms with Crippen molar-refractivity contribution in [1.29, 1.82) is 0 Å². The molecule has 33 heavy (non-hydrogen) atoms. The van der Waals surface area contributed by atoms with Gasteiger partial charge in [0.1, 0.15) is 17.8 Å². The summed E-state index contributed by atoms with van der Waals surface area (Å²) in [7, 11) is 0. The highest BCUT2D eigenvalue weighted by molar-refractivity contribution is 5.79. The third-order valence-electron chi connectivity index (χ3n) is 6.83. The van der Waals surface area contributed by atoms with Gasteiger partial charge in [0, 0.05) is 29.1 Å². The number of aryl methyl sites for hydroxylation is 1. The molecule has 5 atom stereocenters. The molecule has 6 nitrogen and oxygen atoms in total. The van der Waals surface area contributed by atoms with E-state index < -0.39 is 18.0 Å². The highest BCUT2D eigenvalue weighted by atomic mass is 16.5. The summed E-state index contributed by atoms with van der Waals surface area (Å²) in [6, 6.07) is 16.3. The van der Waals surface area contributed by atoms with E-state index in [9.17, 15) is 15.0 Å². The number of benzene rings is 2. The predicted molar refractivity (Wildman–Crippen MR) is 127 cm³/mol. The van der Waals surface area contributed by atoms with Gasteiger partial charge in [0.05, 0.1) is 18.8 Å². The summed E-state index contributed by atoms with van der Waals surface area (Å²) < 4.78 is 11.9. The summed E-state index contributed by atoms with van der Waals surface area (Å²) in [5.74, 6) is -0.537. The fraction of sp³-hybridized carbons (Fsp3) is 0.519. The first kappa shape index (κ1) is 23.7. The number of carbonyl (C=O) groups is 1. The summed E-state index contributed by atoms with van der Waals surface area (Å²) in [5.41, 5.74) is 3.14.